The van der Waals surface area contributed by atoms with Crippen molar-refractivity contribution in [1.29, 1.82) is 0 Å². The molecule has 0 aliphatic carbocycles. The van der Waals surface area contributed by atoms with Crippen molar-refractivity contribution in [2.24, 2.45) is 0 Å². The number of unbranched alkanes of at least 4 members (excludes halogenated alkanes) is 2. The van der Waals surface area contributed by atoms with Gasteiger partial charge in [-0.25, -0.2) is 0 Å². The number of hydrogen-bond acceptors (Lipinski definition) is 4. The first-order valence-corrected chi connectivity index (χ1v) is 6.62. The molecule has 0 aliphatic rings. The van der Waals surface area contributed by atoms with Crippen LogP contribution in [0.15, 0.2) is 0 Å². The van der Waals surface area contributed by atoms with Crippen LogP contribution in [0.2, 0.25) is 0 Å². The highest BCUT2D eigenvalue weighted by atomic mass is 16.7. The third-order valence-electron chi connectivity index (χ3n) is 2.13. The Kier molecular flexibility index (Phi) is 9.74. The Morgan fingerprint density at radius 2 is 1.76 bits per heavy atom. The van der Waals surface area contributed by atoms with Crippen LogP contribution in [0.3, 0.4) is 0 Å². The topological polar surface area (TPSA) is 41.9 Å². The first-order valence-electron chi connectivity index (χ1n) is 6.62. The molecule has 0 radical (unpaired) electrons. The first-order chi connectivity index (χ1) is 7.99. The Labute approximate surface area is 106 Å². The number of hydroxylamine groups is 2. The van der Waals surface area contributed by atoms with Crippen molar-refractivity contribution in [2.75, 3.05) is 32.9 Å². The van der Waals surface area contributed by atoms with Gasteiger partial charge in [-0.2, -0.15) is 5.06 Å². The van der Waals surface area contributed by atoms with E-state index in [0.717, 1.165) is 19.5 Å². The van der Waals surface area contributed by atoms with Gasteiger partial charge in [-0.1, -0.05) is 19.8 Å². The van der Waals surface area contributed by atoms with Gasteiger partial charge in [0.1, 0.15) is 0 Å². The van der Waals surface area contributed by atoms with Crippen LogP contribution < -0.4 is 0 Å². The van der Waals surface area contributed by atoms with Crippen LogP contribution >= 0.6 is 0 Å². The van der Waals surface area contributed by atoms with Crippen molar-refractivity contribution in [3.8, 4) is 0 Å². The summed E-state index contributed by atoms with van der Waals surface area (Å²) in [6, 6.07) is 0. The van der Waals surface area contributed by atoms with Gasteiger partial charge < -0.3 is 9.84 Å². The summed E-state index contributed by atoms with van der Waals surface area (Å²) < 4.78 is 5.26. The Bertz CT molecular complexity index is 169. The molecule has 0 spiro atoms. The molecule has 0 aromatic carbocycles. The van der Waals surface area contributed by atoms with E-state index < -0.39 is 0 Å². The summed E-state index contributed by atoms with van der Waals surface area (Å²) in [5.74, 6) is 0. The molecule has 0 fully saturated rings. The molecule has 0 saturated heterocycles. The molecule has 104 valence electrons. The van der Waals surface area contributed by atoms with E-state index in [9.17, 15) is 0 Å². The molecule has 0 saturated carbocycles. The standard InChI is InChI=1S/C13H29NO3/c1-5-6-7-8-14(17-13(2,3)4)9-11-16-12-10-15/h15H,5-12H2,1-4H3. The maximum absolute atomic E-state index is 8.62. The van der Waals surface area contributed by atoms with Gasteiger partial charge in [0.25, 0.3) is 0 Å². The van der Waals surface area contributed by atoms with Crippen molar-refractivity contribution in [3.63, 3.8) is 0 Å². The Hall–Kier alpha value is -0.160. The molecule has 0 amide bonds. The van der Waals surface area contributed by atoms with Crippen LogP contribution in [0, 0.1) is 0 Å². The molecule has 4 nitrogen and oxygen atoms in total. The van der Waals surface area contributed by atoms with Gasteiger partial charge in [-0.3, -0.25) is 4.84 Å². The second kappa shape index (κ2) is 9.83. The highest BCUT2D eigenvalue weighted by Crippen LogP contribution is 2.11. The average Bonchev–Trinajstić information content (AvgIpc) is 2.22. The van der Waals surface area contributed by atoms with Crippen LogP contribution in [0.5, 0.6) is 0 Å². The minimum atomic E-state index is -0.163. The third kappa shape index (κ3) is 12.1. The summed E-state index contributed by atoms with van der Waals surface area (Å²) >= 11 is 0. The average molecular weight is 247 g/mol. The summed E-state index contributed by atoms with van der Waals surface area (Å²) in [7, 11) is 0. The van der Waals surface area contributed by atoms with E-state index in [0.29, 0.717) is 13.2 Å². The summed E-state index contributed by atoms with van der Waals surface area (Å²) in [6.07, 6.45) is 3.58. The molecule has 0 aliphatic heterocycles. The van der Waals surface area contributed by atoms with E-state index in [4.69, 9.17) is 14.7 Å². The number of aliphatic hydroxyl groups is 1. The summed E-state index contributed by atoms with van der Waals surface area (Å²) in [4.78, 5) is 5.86. The molecule has 0 bridgehead atoms. The van der Waals surface area contributed by atoms with E-state index in [1.807, 2.05) is 5.06 Å². The fourth-order valence-electron chi connectivity index (χ4n) is 1.46. The second-order valence-electron chi connectivity index (χ2n) is 5.18. The molecule has 0 atom stereocenters. The number of aliphatic hydroxyl groups excluding tert-OH is 1. The van der Waals surface area contributed by atoms with Gasteiger partial charge in [-0.05, 0) is 27.2 Å². The van der Waals surface area contributed by atoms with Crippen LogP contribution in [-0.4, -0.2) is 48.7 Å². The number of ether oxygens (including phenoxy) is 1. The largest absolute Gasteiger partial charge is 0.394 e. The smallest absolute Gasteiger partial charge is 0.0815 e. The van der Waals surface area contributed by atoms with Crippen molar-refractivity contribution < 1.29 is 14.7 Å². The minimum Gasteiger partial charge on any atom is -0.394 e. The van der Waals surface area contributed by atoms with Gasteiger partial charge in [0, 0.05) is 13.1 Å². The highest BCUT2D eigenvalue weighted by Gasteiger charge is 2.16. The van der Waals surface area contributed by atoms with Crippen LogP contribution in [0.4, 0.5) is 0 Å². The van der Waals surface area contributed by atoms with Gasteiger partial charge in [-0.15, -0.1) is 0 Å². The summed E-state index contributed by atoms with van der Waals surface area (Å²) in [5.41, 5.74) is -0.163. The number of hydrogen-bond donors (Lipinski definition) is 1. The summed E-state index contributed by atoms with van der Waals surface area (Å²) in [5, 5.41) is 10.6. The van der Waals surface area contributed by atoms with Crippen LogP contribution in [0.1, 0.15) is 47.0 Å². The van der Waals surface area contributed by atoms with E-state index >= 15 is 0 Å². The lowest BCUT2D eigenvalue weighted by Crippen LogP contribution is -2.37. The third-order valence-corrected chi connectivity index (χ3v) is 2.13. The molecule has 0 unspecified atom stereocenters. The fraction of sp³-hybridized carbons (Fsp3) is 1.00. The van der Waals surface area contributed by atoms with Gasteiger partial charge in [0.2, 0.25) is 0 Å². The van der Waals surface area contributed by atoms with Crippen molar-refractivity contribution in [2.45, 2.75) is 52.6 Å². The quantitative estimate of drug-likeness (QED) is 0.475. The predicted molar refractivity (Wildman–Crippen MR) is 69.8 cm³/mol. The van der Waals surface area contributed by atoms with Crippen LogP contribution in [0.25, 0.3) is 0 Å². The minimum absolute atomic E-state index is 0.0793. The molecule has 4 heteroatoms. The first kappa shape index (κ1) is 16.8. The molecule has 0 heterocycles. The normalized spacial score (nSPS) is 12.4. The summed E-state index contributed by atoms with van der Waals surface area (Å²) in [6.45, 7) is 11.1. The number of rotatable bonds is 10. The molecule has 0 rings (SSSR count). The fourth-order valence-corrected chi connectivity index (χ4v) is 1.46. The highest BCUT2D eigenvalue weighted by molar-refractivity contribution is 4.59. The number of nitrogens with zero attached hydrogens (tertiary/aromatic N) is 1. The van der Waals surface area contributed by atoms with Crippen LogP contribution in [-0.2, 0) is 9.57 Å². The van der Waals surface area contributed by atoms with Crippen molar-refractivity contribution in [3.05, 3.63) is 0 Å². The molecule has 1 N–H and O–H groups in total. The maximum atomic E-state index is 8.62. The molecular weight excluding hydrogens is 218 g/mol. The Balaban J connectivity index is 3.84. The van der Waals surface area contributed by atoms with Crippen molar-refractivity contribution in [1.82, 2.24) is 5.06 Å². The van der Waals surface area contributed by atoms with Gasteiger partial charge in [0.05, 0.1) is 25.4 Å². The maximum Gasteiger partial charge on any atom is 0.0815 e. The molecule has 0 aromatic rings. The lowest BCUT2D eigenvalue weighted by Gasteiger charge is -2.29. The lowest BCUT2D eigenvalue weighted by atomic mass is 10.2. The SMILES string of the molecule is CCCCCN(CCOCCO)OC(C)(C)C. The van der Waals surface area contributed by atoms with E-state index in [2.05, 4.69) is 27.7 Å². The predicted octanol–water partition coefficient (Wildman–Crippen LogP) is 2.22. The van der Waals surface area contributed by atoms with E-state index in [1.165, 1.54) is 12.8 Å². The zero-order valence-corrected chi connectivity index (χ0v) is 11.9. The van der Waals surface area contributed by atoms with Gasteiger partial charge >= 0.3 is 0 Å². The lowest BCUT2D eigenvalue weighted by molar-refractivity contribution is -0.233. The zero-order chi connectivity index (χ0) is 13.1. The van der Waals surface area contributed by atoms with E-state index in [1.54, 1.807) is 0 Å². The molecule has 0 aromatic heterocycles. The molecular formula is C13H29NO3. The van der Waals surface area contributed by atoms with E-state index in [-0.39, 0.29) is 12.2 Å². The molecule has 17 heavy (non-hydrogen) atoms. The zero-order valence-electron chi connectivity index (χ0n) is 11.9. The Morgan fingerprint density at radius 1 is 1.06 bits per heavy atom. The van der Waals surface area contributed by atoms with Crippen molar-refractivity contribution >= 4 is 0 Å². The monoisotopic (exact) mass is 247 g/mol. The Morgan fingerprint density at radius 3 is 2.29 bits per heavy atom. The second-order valence-corrected chi connectivity index (χ2v) is 5.18. The van der Waals surface area contributed by atoms with Gasteiger partial charge in [0.15, 0.2) is 0 Å².